The van der Waals surface area contributed by atoms with Crippen LogP contribution in [0.5, 0.6) is 0 Å². The number of allylic oxidation sites excluding steroid dienone is 1. The molecular formula is C27H19ClN6O5. The van der Waals surface area contributed by atoms with E-state index in [-0.39, 0.29) is 44.5 Å². The second kappa shape index (κ2) is 10.3. The number of halogens is 1. The van der Waals surface area contributed by atoms with Gasteiger partial charge in [-0.25, -0.2) is 9.78 Å². The third-order valence-electron chi connectivity index (χ3n) is 5.97. The van der Waals surface area contributed by atoms with E-state index in [2.05, 4.69) is 29.9 Å². The molecule has 0 radical (unpaired) electrons. The Balaban J connectivity index is 1.71. The molecule has 0 aliphatic rings. The fraction of sp³-hybridized carbons (Fsp3) is 0.111. The normalized spacial score (nSPS) is 12.3. The van der Waals surface area contributed by atoms with Crippen molar-refractivity contribution in [3.8, 4) is 28.9 Å². The smallest absolute Gasteiger partial charge is 0.439 e. The van der Waals surface area contributed by atoms with Crippen molar-refractivity contribution in [2.75, 3.05) is 5.32 Å². The molecule has 1 atom stereocenters. The minimum absolute atomic E-state index is 0.0724. The zero-order valence-corrected chi connectivity index (χ0v) is 21.3. The first kappa shape index (κ1) is 25.4. The Morgan fingerprint density at radius 3 is 2.77 bits per heavy atom. The van der Waals surface area contributed by atoms with E-state index in [1.807, 2.05) is 26.0 Å². The molecule has 5 aromatic rings. The predicted molar refractivity (Wildman–Crippen MR) is 144 cm³/mol. The molecule has 0 saturated heterocycles. The van der Waals surface area contributed by atoms with E-state index in [0.29, 0.717) is 23.1 Å². The number of nitrogens with zero attached hydrogens (tertiary/aromatic N) is 4. The molecule has 4 heterocycles. The van der Waals surface area contributed by atoms with Gasteiger partial charge >= 0.3 is 5.76 Å². The monoisotopic (exact) mass is 542 g/mol. The molecule has 0 unspecified atom stereocenters. The molecule has 0 amide bonds. The maximum absolute atomic E-state index is 13.8. The lowest BCUT2D eigenvalue weighted by atomic mass is 9.96. The number of H-pyrrole nitrogens is 1. The summed E-state index contributed by atoms with van der Waals surface area (Å²) < 4.78 is 11.0. The van der Waals surface area contributed by atoms with Crippen LogP contribution in [0.2, 0.25) is 5.15 Å². The number of aliphatic hydroxyl groups excluding tert-OH is 1. The summed E-state index contributed by atoms with van der Waals surface area (Å²) in [5, 5.41) is 26.8. The summed E-state index contributed by atoms with van der Waals surface area (Å²) >= 11 is 6.09. The van der Waals surface area contributed by atoms with Gasteiger partial charge in [0.25, 0.3) is 0 Å². The van der Waals surface area contributed by atoms with Crippen molar-refractivity contribution in [2.45, 2.75) is 19.9 Å². The van der Waals surface area contributed by atoms with Crippen LogP contribution < -0.4 is 16.5 Å². The van der Waals surface area contributed by atoms with Crippen LogP contribution in [0, 0.1) is 18.3 Å². The lowest BCUT2D eigenvalue weighted by Gasteiger charge is -2.20. The largest absolute Gasteiger partial charge is 0.514 e. The Bertz CT molecular complexity index is 1900. The van der Waals surface area contributed by atoms with Gasteiger partial charge in [-0.1, -0.05) is 22.8 Å². The first-order chi connectivity index (χ1) is 18.8. The van der Waals surface area contributed by atoms with Crippen molar-refractivity contribution in [1.29, 1.82) is 5.26 Å². The van der Waals surface area contributed by atoms with Crippen LogP contribution in [0.4, 0.5) is 5.69 Å². The van der Waals surface area contributed by atoms with Gasteiger partial charge in [0.15, 0.2) is 0 Å². The molecule has 0 spiro atoms. The van der Waals surface area contributed by atoms with Crippen molar-refractivity contribution < 1.29 is 14.0 Å². The van der Waals surface area contributed by atoms with Gasteiger partial charge in [-0.2, -0.15) is 5.26 Å². The Labute approximate surface area is 225 Å². The number of aryl methyl sites for hydroxylation is 1. The van der Waals surface area contributed by atoms with Gasteiger partial charge in [-0.15, -0.1) is 0 Å². The van der Waals surface area contributed by atoms with E-state index in [1.165, 1.54) is 6.20 Å². The quantitative estimate of drug-likeness (QED) is 0.148. The zero-order chi connectivity index (χ0) is 27.7. The van der Waals surface area contributed by atoms with E-state index < -0.39 is 17.2 Å². The van der Waals surface area contributed by atoms with Crippen LogP contribution in [0.25, 0.3) is 39.4 Å². The second-order valence-electron chi connectivity index (χ2n) is 8.60. The highest BCUT2D eigenvalue weighted by Gasteiger charge is 2.24. The summed E-state index contributed by atoms with van der Waals surface area (Å²) in [7, 11) is 0. The summed E-state index contributed by atoms with van der Waals surface area (Å²) in [4.78, 5) is 36.1. The Hall–Kier alpha value is -5.21. The molecule has 0 bridgehead atoms. The van der Waals surface area contributed by atoms with Crippen LogP contribution >= 0.6 is 11.6 Å². The Morgan fingerprint density at radius 1 is 1.28 bits per heavy atom. The number of hydrogen-bond donors (Lipinski definition) is 3. The van der Waals surface area contributed by atoms with Crippen molar-refractivity contribution >= 4 is 33.8 Å². The van der Waals surface area contributed by atoms with E-state index in [0.717, 1.165) is 5.56 Å². The van der Waals surface area contributed by atoms with Gasteiger partial charge in [0.05, 0.1) is 28.9 Å². The van der Waals surface area contributed by atoms with Crippen LogP contribution in [0.1, 0.15) is 29.7 Å². The number of nitriles is 1. The number of aromatic amines is 1. The van der Waals surface area contributed by atoms with Gasteiger partial charge in [-0.05, 0) is 49.7 Å². The number of benzene rings is 1. The maximum Gasteiger partial charge on any atom is 0.439 e. The summed E-state index contributed by atoms with van der Waals surface area (Å²) in [6.45, 7) is 3.68. The lowest BCUT2D eigenvalue weighted by molar-refractivity contribution is 0.388. The molecule has 5 rings (SSSR count). The third kappa shape index (κ3) is 4.76. The molecule has 11 nitrogen and oxygen atoms in total. The molecule has 0 aliphatic heterocycles. The lowest BCUT2D eigenvalue weighted by Crippen LogP contribution is -2.14. The standard InChI is InChI=1S/C27H19ClN6O5/c1-13-8-17(14(2)31-19-5-6-20(28)32-22(19)26-33-27(37)39-34-26)25-18(9-13)23(36)21(16(10-29)12-35)24(38-25)15-4-3-7-30-11-15/h3-9,11-12,14,31,35H,1-2H3,(H,33,34,37)/b16-12+/t14-/m1/s1. The summed E-state index contributed by atoms with van der Waals surface area (Å²) in [6, 6.07) is 11.5. The number of hydrogen-bond acceptors (Lipinski definition) is 10. The van der Waals surface area contributed by atoms with Crippen molar-refractivity contribution in [3.63, 3.8) is 0 Å². The number of anilines is 1. The van der Waals surface area contributed by atoms with E-state index in [4.69, 9.17) is 16.0 Å². The third-order valence-corrected chi connectivity index (χ3v) is 6.18. The molecule has 12 heteroatoms. The van der Waals surface area contributed by atoms with Crippen LogP contribution in [0.15, 0.2) is 73.6 Å². The van der Waals surface area contributed by atoms with Crippen molar-refractivity contribution in [1.82, 2.24) is 20.1 Å². The molecule has 4 aromatic heterocycles. The fourth-order valence-electron chi connectivity index (χ4n) is 4.27. The topological polar surface area (TPSA) is 171 Å². The predicted octanol–water partition coefficient (Wildman–Crippen LogP) is 5.15. The van der Waals surface area contributed by atoms with Crippen LogP contribution in [-0.2, 0) is 0 Å². The molecule has 0 fully saturated rings. The molecule has 0 saturated carbocycles. The van der Waals surface area contributed by atoms with E-state index in [9.17, 15) is 20.0 Å². The number of aliphatic hydroxyl groups is 1. The van der Waals surface area contributed by atoms with Gasteiger partial charge < -0.3 is 14.8 Å². The summed E-state index contributed by atoms with van der Waals surface area (Å²) in [5.74, 6) is -0.570. The van der Waals surface area contributed by atoms with Crippen LogP contribution in [-0.4, -0.2) is 25.2 Å². The molecule has 3 N–H and O–H groups in total. The summed E-state index contributed by atoms with van der Waals surface area (Å²) in [5.41, 5.74) is 2.06. The number of pyridine rings is 2. The zero-order valence-electron chi connectivity index (χ0n) is 20.5. The minimum atomic E-state index is -0.746. The van der Waals surface area contributed by atoms with Gasteiger partial charge in [0.1, 0.15) is 33.8 Å². The summed E-state index contributed by atoms with van der Waals surface area (Å²) in [6.07, 6.45) is 3.65. The van der Waals surface area contributed by atoms with Gasteiger partial charge in [0, 0.05) is 23.5 Å². The average Bonchev–Trinajstić information content (AvgIpc) is 3.37. The minimum Gasteiger partial charge on any atom is -0.514 e. The molecule has 194 valence electrons. The first-order valence-corrected chi connectivity index (χ1v) is 11.9. The molecule has 0 aliphatic carbocycles. The number of nitrogens with one attached hydrogen (secondary N) is 2. The number of rotatable bonds is 6. The molecule has 1 aromatic carbocycles. The Morgan fingerprint density at radius 2 is 2.10 bits per heavy atom. The number of fused-ring (bicyclic) bond motifs is 1. The SMILES string of the molecule is Cc1cc([C@@H](C)Nc2ccc(Cl)nc2-c2noc(=O)[nH]2)c2oc(-c3cccnc3)c(/C(C#N)=C/O)c(=O)c2c1. The molecule has 39 heavy (non-hydrogen) atoms. The second-order valence-corrected chi connectivity index (χ2v) is 8.99. The van der Waals surface area contributed by atoms with Gasteiger partial charge in [0.2, 0.25) is 11.3 Å². The van der Waals surface area contributed by atoms with Crippen molar-refractivity contribution in [3.05, 3.63) is 97.7 Å². The van der Waals surface area contributed by atoms with Crippen molar-refractivity contribution in [2.24, 2.45) is 0 Å². The average molecular weight is 543 g/mol. The van der Waals surface area contributed by atoms with Crippen LogP contribution in [0.3, 0.4) is 0 Å². The number of aromatic nitrogens is 4. The Kier molecular flexibility index (Phi) is 6.70. The highest BCUT2D eigenvalue weighted by molar-refractivity contribution is 6.29. The fourth-order valence-corrected chi connectivity index (χ4v) is 4.41. The first-order valence-electron chi connectivity index (χ1n) is 11.6. The highest BCUT2D eigenvalue weighted by atomic mass is 35.5. The van der Waals surface area contributed by atoms with E-state index in [1.54, 1.807) is 36.5 Å². The van der Waals surface area contributed by atoms with Gasteiger partial charge in [-0.3, -0.25) is 19.3 Å². The highest BCUT2D eigenvalue weighted by Crippen LogP contribution is 2.35. The maximum atomic E-state index is 13.8. The van der Waals surface area contributed by atoms with E-state index >= 15 is 0 Å². The molecular weight excluding hydrogens is 524 g/mol.